The summed E-state index contributed by atoms with van der Waals surface area (Å²) in [5.74, 6) is 0.898. The predicted octanol–water partition coefficient (Wildman–Crippen LogP) is 3.41. The zero-order valence-corrected chi connectivity index (χ0v) is 11.7. The number of rotatable bonds is 12. The Labute approximate surface area is 116 Å². The maximum Gasteiger partial charge on any atom is 0.119 e. The van der Waals surface area contributed by atoms with Crippen LogP contribution in [0.1, 0.15) is 38.5 Å². The van der Waals surface area contributed by atoms with E-state index in [2.05, 4.69) is 0 Å². The van der Waals surface area contributed by atoms with Crippen molar-refractivity contribution in [1.29, 1.82) is 0 Å². The van der Waals surface area contributed by atoms with E-state index in [1.165, 1.54) is 19.3 Å². The van der Waals surface area contributed by atoms with Gasteiger partial charge < -0.3 is 14.6 Å². The van der Waals surface area contributed by atoms with E-state index in [0.29, 0.717) is 19.8 Å². The second-order valence-corrected chi connectivity index (χ2v) is 4.62. The van der Waals surface area contributed by atoms with E-state index in [9.17, 15) is 0 Å². The fraction of sp³-hybridized carbons (Fsp3) is 0.625. The maximum atomic E-state index is 8.64. The Morgan fingerprint density at radius 2 is 1.42 bits per heavy atom. The molecule has 0 spiro atoms. The van der Waals surface area contributed by atoms with Crippen LogP contribution in [0.15, 0.2) is 30.3 Å². The smallest absolute Gasteiger partial charge is 0.119 e. The summed E-state index contributed by atoms with van der Waals surface area (Å²) in [5, 5.41) is 8.64. The molecule has 0 atom stereocenters. The van der Waals surface area contributed by atoms with Gasteiger partial charge in [-0.2, -0.15) is 0 Å². The van der Waals surface area contributed by atoms with E-state index in [1.54, 1.807) is 0 Å². The predicted molar refractivity (Wildman–Crippen MR) is 77.5 cm³/mol. The van der Waals surface area contributed by atoms with Crippen molar-refractivity contribution in [2.45, 2.75) is 38.5 Å². The molecule has 1 aromatic carbocycles. The highest BCUT2D eigenvalue weighted by Gasteiger charge is 1.94. The summed E-state index contributed by atoms with van der Waals surface area (Å²) in [4.78, 5) is 0. The summed E-state index contributed by atoms with van der Waals surface area (Å²) >= 11 is 0. The molecule has 0 aliphatic heterocycles. The largest absolute Gasteiger partial charge is 0.491 e. The van der Waals surface area contributed by atoms with Crippen molar-refractivity contribution >= 4 is 0 Å². The summed E-state index contributed by atoms with van der Waals surface area (Å²) < 4.78 is 11.0. The first-order valence-corrected chi connectivity index (χ1v) is 7.30. The van der Waals surface area contributed by atoms with Gasteiger partial charge in [-0.1, -0.05) is 43.9 Å². The molecule has 0 radical (unpaired) electrons. The molecule has 0 aliphatic rings. The number of para-hydroxylation sites is 1. The first-order chi connectivity index (χ1) is 9.43. The fourth-order valence-electron chi connectivity index (χ4n) is 1.86. The number of benzene rings is 1. The molecule has 1 rings (SSSR count). The van der Waals surface area contributed by atoms with Crippen molar-refractivity contribution in [2.75, 3.05) is 26.4 Å². The topological polar surface area (TPSA) is 38.7 Å². The Balaban J connectivity index is 1.79. The molecule has 1 N–H and O–H groups in total. The Kier molecular flexibility index (Phi) is 10.1. The lowest BCUT2D eigenvalue weighted by molar-refractivity contribution is 0.0970. The lowest BCUT2D eigenvalue weighted by Crippen LogP contribution is -2.07. The molecular formula is C16H26O3. The van der Waals surface area contributed by atoms with E-state index in [0.717, 1.165) is 31.6 Å². The average Bonchev–Trinajstić information content (AvgIpc) is 2.46. The lowest BCUT2D eigenvalue weighted by Gasteiger charge is -2.07. The minimum atomic E-state index is 0.324. The van der Waals surface area contributed by atoms with Crippen molar-refractivity contribution in [3.63, 3.8) is 0 Å². The van der Waals surface area contributed by atoms with Gasteiger partial charge in [0.25, 0.3) is 0 Å². The van der Waals surface area contributed by atoms with Crippen molar-refractivity contribution in [1.82, 2.24) is 0 Å². The number of hydrogen-bond donors (Lipinski definition) is 1. The zero-order chi connectivity index (χ0) is 13.6. The summed E-state index contributed by atoms with van der Waals surface area (Å²) in [6.45, 7) is 2.41. The minimum absolute atomic E-state index is 0.324. The molecule has 19 heavy (non-hydrogen) atoms. The van der Waals surface area contributed by atoms with Crippen LogP contribution in [-0.2, 0) is 4.74 Å². The van der Waals surface area contributed by atoms with Gasteiger partial charge in [-0.3, -0.25) is 0 Å². The third-order valence-electron chi connectivity index (χ3n) is 2.94. The lowest BCUT2D eigenvalue weighted by atomic mass is 10.1. The Morgan fingerprint density at radius 1 is 0.737 bits per heavy atom. The molecule has 3 nitrogen and oxygen atoms in total. The Morgan fingerprint density at radius 3 is 2.16 bits per heavy atom. The first kappa shape index (κ1) is 16.0. The van der Waals surface area contributed by atoms with Crippen molar-refractivity contribution in [2.24, 2.45) is 0 Å². The van der Waals surface area contributed by atoms with E-state index >= 15 is 0 Å². The third kappa shape index (κ3) is 9.51. The van der Waals surface area contributed by atoms with Crippen LogP contribution in [0.25, 0.3) is 0 Å². The van der Waals surface area contributed by atoms with Gasteiger partial charge in [0.1, 0.15) is 12.4 Å². The van der Waals surface area contributed by atoms with Gasteiger partial charge in [-0.15, -0.1) is 0 Å². The molecule has 0 saturated carbocycles. The van der Waals surface area contributed by atoms with Crippen LogP contribution in [0.3, 0.4) is 0 Å². The number of aliphatic hydroxyl groups excluding tert-OH is 1. The number of aliphatic hydroxyl groups is 1. The fourth-order valence-corrected chi connectivity index (χ4v) is 1.86. The monoisotopic (exact) mass is 266 g/mol. The van der Waals surface area contributed by atoms with Gasteiger partial charge in [0.2, 0.25) is 0 Å². The second-order valence-electron chi connectivity index (χ2n) is 4.62. The standard InChI is InChI=1S/C16H26O3/c17-12-8-3-1-2-4-9-13-18-14-15-19-16-10-6-5-7-11-16/h5-7,10-11,17H,1-4,8-9,12-15H2. The molecule has 0 heterocycles. The van der Waals surface area contributed by atoms with Crippen LogP contribution < -0.4 is 4.74 Å². The Bertz CT molecular complexity index is 287. The van der Waals surface area contributed by atoms with Crippen LogP contribution in [-0.4, -0.2) is 31.5 Å². The molecule has 0 aliphatic carbocycles. The summed E-state index contributed by atoms with van der Waals surface area (Å²) in [6, 6.07) is 9.81. The quantitative estimate of drug-likeness (QED) is 0.589. The molecule has 3 heteroatoms. The molecule has 0 fully saturated rings. The first-order valence-electron chi connectivity index (χ1n) is 7.30. The molecule has 0 aromatic heterocycles. The van der Waals surface area contributed by atoms with Gasteiger partial charge in [0.15, 0.2) is 0 Å². The Hall–Kier alpha value is -1.06. The molecule has 1 aromatic rings. The highest BCUT2D eigenvalue weighted by molar-refractivity contribution is 5.20. The molecule has 0 amide bonds. The minimum Gasteiger partial charge on any atom is -0.491 e. The van der Waals surface area contributed by atoms with E-state index < -0.39 is 0 Å². The van der Waals surface area contributed by atoms with Crippen molar-refractivity contribution < 1.29 is 14.6 Å². The molecule has 0 bridgehead atoms. The van der Waals surface area contributed by atoms with Crippen LogP contribution >= 0.6 is 0 Å². The highest BCUT2D eigenvalue weighted by Crippen LogP contribution is 2.08. The normalized spacial score (nSPS) is 10.6. The van der Waals surface area contributed by atoms with E-state index in [1.807, 2.05) is 30.3 Å². The van der Waals surface area contributed by atoms with Crippen LogP contribution in [0, 0.1) is 0 Å². The number of ether oxygens (including phenoxy) is 2. The average molecular weight is 266 g/mol. The van der Waals surface area contributed by atoms with Crippen molar-refractivity contribution in [3.8, 4) is 5.75 Å². The van der Waals surface area contributed by atoms with Crippen LogP contribution in [0.2, 0.25) is 0 Å². The summed E-state index contributed by atoms with van der Waals surface area (Å²) in [5.41, 5.74) is 0. The van der Waals surface area contributed by atoms with Crippen molar-refractivity contribution in [3.05, 3.63) is 30.3 Å². The van der Waals surface area contributed by atoms with Crippen LogP contribution in [0.5, 0.6) is 5.75 Å². The summed E-state index contributed by atoms with van der Waals surface area (Å²) in [6.07, 6.45) is 6.87. The zero-order valence-electron chi connectivity index (χ0n) is 11.7. The van der Waals surface area contributed by atoms with Gasteiger partial charge in [0, 0.05) is 13.2 Å². The maximum absolute atomic E-state index is 8.64. The molecule has 0 saturated heterocycles. The van der Waals surface area contributed by atoms with Gasteiger partial charge >= 0.3 is 0 Å². The molecular weight excluding hydrogens is 240 g/mol. The SMILES string of the molecule is OCCCCCCCCOCCOc1ccccc1. The van der Waals surface area contributed by atoms with E-state index in [4.69, 9.17) is 14.6 Å². The van der Waals surface area contributed by atoms with E-state index in [-0.39, 0.29) is 0 Å². The number of hydrogen-bond acceptors (Lipinski definition) is 3. The van der Waals surface area contributed by atoms with Gasteiger partial charge in [0.05, 0.1) is 6.61 Å². The molecule has 108 valence electrons. The van der Waals surface area contributed by atoms with Gasteiger partial charge in [-0.25, -0.2) is 0 Å². The highest BCUT2D eigenvalue weighted by atomic mass is 16.5. The second kappa shape index (κ2) is 12.0. The van der Waals surface area contributed by atoms with Crippen LogP contribution in [0.4, 0.5) is 0 Å². The number of unbranched alkanes of at least 4 members (excludes halogenated alkanes) is 5. The third-order valence-corrected chi connectivity index (χ3v) is 2.94. The molecule has 0 unspecified atom stereocenters. The summed E-state index contributed by atoms with van der Waals surface area (Å²) in [7, 11) is 0. The van der Waals surface area contributed by atoms with Gasteiger partial charge in [-0.05, 0) is 25.0 Å².